The summed E-state index contributed by atoms with van der Waals surface area (Å²) in [6.45, 7) is 2.27. The fourth-order valence-corrected chi connectivity index (χ4v) is 4.18. The van der Waals surface area contributed by atoms with Crippen molar-refractivity contribution >= 4 is 22.7 Å². The van der Waals surface area contributed by atoms with Gasteiger partial charge in [0, 0.05) is 12.6 Å². The van der Waals surface area contributed by atoms with Crippen LogP contribution in [-0.2, 0) is 5.60 Å². The minimum Gasteiger partial charge on any atom is -0.387 e. The Morgan fingerprint density at radius 1 is 1.00 bits per heavy atom. The van der Waals surface area contributed by atoms with E-state index < -0.39 is 11.7 Å². The second-order valence-corrected chi connectivity index (χ2v) is 7.47. The first-order valence-electron chi connectivity index (χ1n) is 7.85. The molecule has 2 unspecified atom stereocenters. The third kappa shape index (κ3) is 3.61. The SMILES string of the molecule is CC(NCC(O)(c1ccsc1)c1ccsc1)C(O)c1ccccc1. The molecule has 2 heterocycles. The highest BCUT2D eigenvalue weighted by atomic mass is 32.1. The lowest BCUT2D eigenvalue weighted by Crippen LogP contribution is -2.44. The molecule has 5 heteroatoms. The molecule has 0 aliphatic rings. The lowest BCUT2D eigenvalue weighted by atomic mass is 9.89. The largest absolute Gasteiger partial charge is 0.387 e. The normalized spacial score (nSPS) is 14.5. The molecule has 0 saturated carbocycles. The highest BCUT2D eigenvalue weighted by Gasteiger charge is 2.33. The number of nitrogens with one attached hydrogen (secondary N) is 1. The van der Waals surface area contributed by atoms with Crippen LogP contribution in [0.25, 0.3) is 0 Å². The Morgan fingerprint density at radius 2 is 1.58 bits per heavy atom. The van der Waals surface area contributed by atoms with Crippen molar-refractivity contribution in [3.8, 4) is 0 Å². The van der Waals surface area contributed by atoms with E-state index in [1.807, 2.05) is 70.9 Å². The highest BCUT2D eigenvalue weighted by Crippen LogP contribution is 2.32. The van der Waals surface area contributed by atoms with Gasteiger partial charge in [-0.1, -0.05) is 30.3 Å². The van der Waals surface area contributed by atoms with E-state index in [4.69, 9.17) is 0 Å². The average molecular weight is 360 g/mol. The number of hydrogen-bond donors (Lipinski definition) is 3. The summed E-state index contributed by atoms with van der Waals surface area (Å²) in [5.41, 5.74) is 1.52. The van der Waals surface area contributed by atoms with Crippen molar-refractivity contribution in [2.24, 2.45) is 0 Å². The van der Waals surface area contributed by atoms with Crippen LogP contribution in [0.1, 0.15) is 29.7 Å². The summed E-state index contributed by atoms with van der Waals surface area (Å²) in [4.78, 5) is 0. The molecular formula is C19H21NO2S2. The van der Waals surface area contributed by atoms with Crippen molar-refractivity contribution in [3.05, 3.63) is 80.7 Å². The number of aliphatic hydroxyl groups excluding tert-OH is 1. The molecule has 0 saturated heterocycles. The molecule has 0 aliphatic heterocycles. The maximum absolute atomic E-state index is 11.3. The van der Waals surface area contributed by atoms with E-state index in [0.717, 1.165) is 16.7 Å². The molecule has 0 aliphatic carbocycles. The molecule has 0 amide bonds. The van der Waals surface area contributed by atoms with Crippen molar-refractivity contribution in [3.63, 3.8) is 0 Å². The highest BCUT2D eigenvalue weighted by molar-refractivity contribution is 7.08. The first kappa shape index (κ1) is 17.3. The van der Waals surface area contributed by atoms with Gasteiger partial charge in [0.2, 0.25) is 0 Å². The Kier molecular flexibility index (Phi) is 5.48. The Balaban J connectivity index is 1.75. The predicted octanol–water partition coefficient (Wildman–Crippen LogP) is 3.76. The summed E-state index contributed by atoms with van der Waals surface area (Å²) >= 11 is 3.13. The molecule has 126 valence electrons. The van der Waals surface area contributed by atoms with Gasteiger partial charge in [-0.3, -0.25) is 0 Å². The van der Waals surface area contributed by atoms with E-state index in [-0.39, 0.29) is 6.04 Å². The Hall–Kier alpha value is -1.50. The van der Waals surface area contributed by atoms with Crippen molar-refractivity contribution < 1.29 is 10.2 Å². The zero-order valence-corrected chi connectivity index (χ0v) is 15.1. The molecule has 2 atom stereocenters. The number of aliphatic hydroxyl groups is 2. The van der Waals surface area contributed by atoms with Crippen LogP contribution in [0.2, 0.25) is 0 Å². The van der Waals surface area contributed by atoms with Gasteiger partial charge < -0.3 is 15.5 Å². The van der Waals surface area contributed by atoms with Gasteiger partial charge >= 0.3 is 0 Å². The van der Waals surface area contributed by atoms with Crippen molar-refractivity contribution in [1.82, 2.24) is 5.32 Å². The molecule has 1 aromatic carbocycles. The van der Waals surface area contributed by atoms with Crippen LogP contribution >= 0.6 is 22.7 Å². The second-order valence-electron chi connectivity index (χ2n) is 5.91. The molecule has 0 fully saturated rings. The van der Waals surface area contributed by atoms with E-state index in [0.29, 0.717) is 6.54 Å². The maximum Gasteiger partial charge on any atom is 0.129 e. The molecule has 2 aromatic heterocycles. The smallest absolute Gasteiger partial charge is 0.129 e. The first-order valence-corrected chi connectivity index (χ1v) is 9.74. The molecule has 3 aromatic rings. The number of rotatable bonds is 7. The van der Waals surface area contributed by atoms with Gasteiger partial charge in [-0.15, -0.1) is 0 Å². The lowest BCUT2D eigenvalue weighted by molar-refractivity contribution is 0.0642. The molecule has 24 heavy (non-hydrogen) atoms. The molecule has 3 rings (SSSR count). The molecule has 0 radical (unpaired) electrons. The monoisotopic (exact) mass is 359 g/mol. The molecule has 0 spiro atoms. The third-order valence-corrected chi connectivity index (χ3v) is 5.66. The minimum absolute atomic E-state index is 0.184. The Morgan fingerprint density at radius 3 is 2.08 bits per heavy atom. The van der Waals surface area contributed by atoms with Crippen LogP contribution in [0.5, 0.6) is 0 Å². The van der Waals surface area contributed by atoms with E-state index >= 15 is 0 Å². The maximum atomic E-state index is 11.3. The topological polar surface area (TPSA) is 52.5 Å². The summed E-state index contributed by atoms with van der Waals surface area (Å²) in [6.07, 6.45) is -0.625. The lowest BCUT2D eigenvalue weighted by Gasteiger charge is -2.30. The first-order chi connectivity index (χ1) is 11.6. The van der Waals surface area contributed by atoms with Crippen molar-refractivity contribution in [2.45, 2.75) is 24.7 Å². The van der Waals surface area contributed by atoms with Crippen LogP contribution in [0.3, 0.4) is 0 Å². The summed E-state index contributed by atoms with van der Waals surface area (Å²) in [6, 6.07) is 13.3. The van der Waals surface area contributed by atoms with Gasteiger partial charge in [0.05, 0.1) is 6.10 Å². The van der Waals surface area contributed by atoms with Gasteiger partial charge in [-0.25, -0.2) is 0 Å². The van der Waals surface area contributed by atoms with Crippen LogP contribution in [0.4, 0.5) is 0 Å². The molecule has 0 bridgehead atoms. The zero-order chi connectivity index (χ0) is 17.0. The van der Waals surface area contributed by atoms with E-state index in [9.17, 15) is 10.2 Å². The van der Waals surface area contributed by atoms with E-state index in [1.165, 1.54) is 0 Å². The van der Waals surface area contributed by atoms with Crippen LogP contribution in [-0.4, -0.2) is 22.8 Å². The van der Waals surface area contributed by atoms with Crippen LogP contribution in [0, 0.1) is 0 Å². The molecule has 3 nitrogen and oxygen atoms in total. The quantitative estimate of drug-likeness (QED) is 0.602. The number of benzene rings is 1. The predicted molar refractivity (Wildman–Crippen MR) is 101 cm³/mol. The fourth-order valence-electron chi connectivity index (χ4n) is 2.73. The average Bonchev–Trinajstić information content (AvgIpc) is 3.33. The minimum atomic E-state index is -1.09. The van der Waals surface area contributed by atoms with E-state index in [1.54, 1.807) is 22.7 Å². The molecule has 3 N–H and O–H groups in total. The van der Waals surface area contributed by atoms with Crippen LogP contribution in [0.15, 0.2) is 64.0 Å². The summed E-state index contributed by atoms with van der Waals surface area (Å²) in [5, 5.41) is 33.0. The van der Waals surface area contributed by atoms with Crippen molar-refractivity contribution in [2.75, 3.05) is 6.54 Å². The van der Waals surface area contributed by atoms with Gasteiger partial charge in [-0.2, -0.15) is 22.7 Å². The third-order valence-electron chi connectivity index (χ3n) is 4.29. The standard InChI is InChI=1S/C19H21NO2S2/c1-14(18(21)15-5-3-2-4-6-15)20-13-19(22,16-7-9-23-11-16)17-8-10-24-12-17/h2-12,14,18,20-22H,13H2,1H3. The Bertz CT molecular complexity index is 692. The molecular weight excluding hydrogens is 338 g/mol. The van der Waals surface area contributed by atoms with Crippen molar-refractivity contribution in [1.29, 1.82) is 0 Å². The van der Waals surface area contributed by atoms with Gasteiger partial charge in [0.1, 0.15) is 5.60 Å². The van der Waals surface area contributed by atoms with Gasteiger partial charge in [-0.05, 0) is 57.3 Å². The van der Waals surface area contributed by atoms with Gasteiger partial charge in [0.25, 0.3) is 0 Å². The zero-order valence-electron chi connectivity index (χ0n) is 13.4. The summed E-state index contributed by atoms with van der Waals surface area (Å²) < 4.78 is 0. The summed E-state index contributed by atoms with van der Waals surface area (Å²) in [7, 11) is 0. The van der Waals surface area contributed by atoms with E-state index in [2.05, 4.69) is 5.32 Å². The summed E-state index contributed by atoms with van der Waals surface area (Å²) in [5.74, 6) is 0. The number of hydrogen-bond acceptors (Lipinski definition) is 5. The van der Waals surface area contributed by atoms with Gasteiger partial charge in [0.15, 0.2) is 0 Å². The second kappa shape index (κ2) is 7.59. The number of thiophene rings is 2. The Labute approximate surface area is 150 Å². The fraction of sp³-hybridized carbons (Fsp3) is 0.263. The van der Waals surface area contributed by atoms with Crippen LogP contribution < -0.4 is 5.32 Å².